The molecule has 1 saturated carbocycles. The van der Waals surface area contributed by atoms with E-state index < -0.39 is 0 Å². The number of hydrogen-bond donors (Lipinski definition) is 1. The zero-order chi connectivity index (χ0) is 11.8. The third kappa shape index (κ3) is 1.98. The molecular weight excluding hydrogens is 220 g/mol. The second kappa shape index (κ2) is 4.38. The van der Waals surface area contributed by atoms with Crippen molar-refractivity contribution in [3.05, 3.63) is 0 Å². The summed E-state index contributed by atoms with van der Waals surface area (Å²) in [6.07, 6.45) is 2.56. The van der Waals surface area contributed by atoms with Crippen LogP contribution < -0.4 is 5.32 Å². The Balaban J connectivity index is 1.68. The van der Waals surface area contributed by atoms with Crippen molar-refractivity contribution in [2.45, 2.75) is 25.3 Å². The molecule has 94 valence electrons. The fraction of sp³-hybridized carbons (Fsp3) is 0.833. The lowest BCUT2D eigenvalue weighted by Gasteiger charge is -2.34. The van der Waals surface area contributed by atoms with Crippen LogP contribution in [-0.4, -0.2) is 49.1 Å². The predicted octanol–water partition coefficient (Wildman–Crippen LogP) is -0.240. The van der Waals surface area contributed by atoms with Gasteiger partial charge in [0.25, 0.3) is 0 Å². The number of nitrogens with one attached hydrogen (secondary N) is 1. The number of morpholine rings is 1. The Kier molecular flexibility index (Phi) is 2.88. The Morgan fingerprint density at radius 1 is 1.24 bits per heavy atom. The molecule has 2 aliphatic heterocycles. The molecule has 3 aliphatic rings. The number of ether oxygens (including phenoxy) is 1. The summed E-state index contributed by atoms with van der Waals surface area (Å²) in [5.41, 5.74) is 0. The van der Waals surface area contributed by atoms with Crippen molar-refractivity contribution in [3.8, 4) is 0 Å². The van der Waals surface area contributed by atoms with Gasteiger partial charge in [-0.1, -0.05) is 0 Å². The SMILES string of the molecule is O=C1C2CCC(C2)C(=O)N1CC1COCCN1. The highest BCUT2D eigenvalue weighted by Gasteiger charge is 2.45. The van der Waals surface area contributed by atoms with Gasteiger partial charge in [-0.3, -0.25) is 14.5 Å². The Morgan fingerprint density at radius 2 is 1.94 bits per heavy atom. The summed E-state index contributed by atoms with van der Waals surface area (Å²) in [5, 5.41) is 3.29. The summed E-state index contributed by atoms with van der Waals surface area (Å²) in [4.78, 5) is 25.7. The van der Waals surface area contributed by atoms with Gasteiger partial charge in [-0.15, -0.1) is 0 Å². The van der Waals surface area contributed by atoms with Crippen LogP contribution in [0.5, 0.6) is 0 Å². The number of fused-ring (bicyclic) bond motifs is 2. The van der Waals surface area contributed by atoms with Crippen molar-refractivity contribution in [2.24, 2.45) is 11.8 Å². The molecule has 2 amide bonds. The lowest BCUT2D eigenvalue weighted by atomic mass is 9.96. The molecule has 2 heterocycles. The van der Waals surface area contributed by atoms with Crippen LogP contribution in [0, 0.1) is 11.8 Å². The molecule has 1 aliphatic carbocycles. The molecule has 3 fully saturated rings. The van der Waals surface area contributed by atoms with Crippen LogP contribution in [0.4, 0.5) is 0 Å². The van der Waals surface area contributed by atoms with Crippen LogP contribution in [0.3, 0.4) is 0 Å². The van der Waals surface area contributed by atoms with Gasteiger partial charge in [-0.05, 0) is 19.3 Å². The molecule has 2 saturated heterocycles. The number of imide groups is 1. The maximum absolute atomic E-state index is 12.1. The normalized spacial score (nSPS) is 37.6. The summed E-state index contributed by atoms with van der Waals surface area (Å²) in [6.45, 7) is 2.58. The fourth-order valence-corrected chi connectivity index (χ4v) is 3.12. The molecule has 5 nitrogen and oxygen atoms in total. The van der Waals surface area contributed by atoms with E-state index in [-0.39, 0.29) is 29.7 Å². The van der Waals surface area contributed by atoms with E-state index in [4.69, 9.17) is 4.74 Å². The maximum Gasteiger partial charge on any atom is 0.232 e. The first kappa shape index (κ1) is 11.2. The van der Waals surface area contributed by atoms with E-state index in [9.17, 15) is 9.59 Å². The Morgan fingerprint density at radius 3 is 2.53 bits per heavy atom. The summed E-state index contributed by atoms with van der Waals surface area (Å²) in [6, 6.07) is 0.106. The Hall–Kier alpha value is -0.940. The van der Waals surface area contributed by atoms with Crippen LogP contribution in [0.15, 0.2) is 0 Å². The van der Waals surface area contributed by atoms with E-state index in [1.54, 1.807) is 0 Å². The molecule has 3 rings (SSSR count). The van der Waals surface area contributed by atoms with Crippen LogP contribution >= 0.6 is 0 Å². The van der Waals surface area contributed by atoms with Gasteiger partial charge in [-0.25, -0.2) is 0 Å². The molecule has 0 radical (unpaired) electrons. The summed E-state index contributed by atoms with van der Waals surface area (Å²) in [7, 11) is 0. The molecule has 17 heavy (non-hydrogen) atoms. The van der Waals surface area contributed by atoms with Gasteiger partial charge >= 0.3 is 0 Å². The largest absolute Gasteiger partial charge is 0.378 e. The van der Waals surface area contributed by atoms with E-state index in [0.29, 0.717) is 19.8 Å². The number of piperidine rings is 1. The highest BCUT2D eigenvalue weighted by molar-refractivity contribution is 6.00. The number of amides is 2. The molecule has 5 heteroatoms. The highest BCUT2D eigenvalue weighted by atomic mass is 16.5. The third-order valence-corrected chi connectivity index (χ3v) is 4.06. The maximum atomic E-state index is 12.1. The fourth-order valence-electron chi connectivity index (χ4n) is 3.12. The minimum absolute atomic E-state index is 0.0381. The molecule has 3 unspecified atom stereocenters. The van der Waals surface area contributed by atoms with Crippen molar-refractivity contribution >= 4 is 11.8 Å². The van der Waals surface area contributed by atoms with Gasteiger partial charge in [0.2, 0.25) is 11.8 Å². The van der Waals surface area contributed by atoms with Crippen molar-refractivity contribution in [3.63, 3.8) is 0 Å². The molecular formula is C12H18N2O3. The number of rotatable bonds is 2. The second-order valence-electron chi connectivity index (χ2n) is 5.22. The first-order chi connectivity index (χ1) is 8.25. The number of hydrogen-bond acceptors (Lipinski definition) is 4. The smallest absolute Gasteiger partial charge is 0.232 e. The number of carbonyl (C=O) groups is 2. The first-order valence-electron chi connectivity index (χ1n) is 6.42. The van der Waals surface area contributed by atoms with Gasteiger partial charge in [0.05, 0.1) is 13.2 Å². The molecule has 3 atom stereocenters. The zero-order valence-corrected chi connectivity index (χ0v) is 9.85. The van der Waals surface area contributed by atoms with E-state index in [1.165, 1.54) is 4.90 Å². The minimum Gasteiger partial charge on any atom is -0.378 e. The van der Waals surface area contributed by atoms with Crippen LogP contribution in [0.25, 0.3) is 0 Å². The average molecular weight is 238 g/mol. The van der Waals surface area contributed by atoms with Crippen LogP contribution in [-0.2, 0) is 14.3 Å². The third-order valence-electron chi connectivity index (χ3n) is 4.06. The molecule has 2 bridgehead atoms. The van der Waals surface area contributed by atoms with E-state index in [1.807, 2.05) is 0 Å². The van der Waals surface area contributed by atoms with Crippen molar-refractivity contribution in [1.82, 2.24) is 10.2 Å². The monoisotopic (exact) mass is 238 g/mol. The standard InChI is InChI=1S/C12H18N2O3/c15-11-8-1-2-9(5-8)12(16)14(11)6-10-7-17-4-3-13-10/h8-10,13H,1-7H2. The van der Waals surface area contributed by atoms with Crippen LogP contribution in [0.2, 0.25) is 0 Å². The lowest BCUT2D eigenvalue weighted by Crippen LogP contribution is -2.54. The number of nitrogens with zero attached hydrogens (tertiary/aromatic N) is 1. The van der Waals surface area contributed by atoms with Gasteiger partial charge in [-0.2, -0.15) is 0 Å². The average Bonchev–Trinajstić information content (AvgIpc) is 2.81. The Labute approximate surface area is 100 Å². The Bertz CT molecular complexity index is 317. The molecule has 0 aromatic heterocycles. The number of carbonyl (C=O) groups excluding carboxylic acids is 2. The molecule has 1 N–H and O–H groups in total. The summed E-state index contributed by atoms with van der Waals surface area (Å²) >= 11 is 0. The van der Waals surface area contributed by atoms with Gasteiger partial charge in [0.15, 0.2) is 0 Å². The number of likely N-dealkylation sites (tertiary alicyclic amines) is 1. The van der Waals surface area contributed by atoms with Gasteiger partial charge in [0, 0.05) is 31.0 Å². The summed E-state index contributed by atoms with van der Waals surface area (Å²) in [5.74, 6) is 0.275. The topological polar surface area (TPSA) is 58.6 Å². The first-order valence-corrected chi connectivity index (χ1v) is 6.42. The predicted molar refractivity (Wildman–Crippen MR) is 60.2 cm³/mol. The zero-order valence-electron chi connectivity index (χ0n) is 9.85. The molecule has 0 aromatic rings. The van der Waals surface area contributed by atoms with Crippen molar-refractivity contribution in [2.75, 3.05) is 26.3 Å². The van der Waals surface area contributed by atoms with E-state index >= 15 is 0 Å². The second-order valence-corrected chi connectivity index (χ2v) is 5.22. The summed E-state index contributed by atoms with van der Waals surface area (Å²) < 4.78 is 5.35. The lowest BCUT2D eigenvalue weighted by molar-refractivity contribution is -0.153. The minimum atomic E-state index is 0.0381. The van der Waals surface area contributed by atoms with Gasteiger partial charge in [0.1, 0.15) is 0 Å². The molecule has 0 spiro atoms. The van der Waals surface area contributed by atoms with E-state index in [0.717, 1.165) is 25.8 Å². The quantitative estimate of drug-likeness (QED) is 0.675. The van der Waals surface area contributed by atoms with Crippen molar-refractivity contribution in [1.29, 1.82) is 0 Å². The highest BCUT2D eigenvalue weighted by Crippen LogP contribution is 2.38. The van der Waals surface area contributed by atoms with Gasteiger partial charge < -0.3 is 10.1 Å². The van der Waals surface area contributed by atoms with Crippen LogP contribution in [0.1, 0.15) is 19.3 Å². The van der Waals surface area contributed by atoms with Crippen molar-refractivity contribution < 1.29 is 14.3 Å². The van der Waals surface area contributed by atoms with E-state index in [2.05, 4.69) is 5.32 Å². The molecule has 0 aromatic carbocycles.